The standard InChI is InChI=1S/C12H19N3O2S/c1-3-12(6-4-5-7-12)10-13-14-11(15(10)2)18-8-9(16)17/h3-8H2,1-2H3,(H,16,17). The number of aliphatic carboxylic acids is 1. The Morgan fingerprint density at radius 3 is 2.67 bits per heavy atom. The van der Waals surface area contributed by atoms with Gasteiger partial charge in [-0.2, -0.15) is 0 Å². The lowest BCUT2D eigenvalue weighted by molar-refractivity contribution is -0.133. The van der Waals surface area contributed by atoms with Gasteiger partial charge >= 0.3 is 5.97 Å². The number of carboxylic acids is 1. The summed E-state index contributed by atoms with van der Waals surface area (Å²) in [5.74, 6) is 0.233. The highest BCUT2D eigenvalue weighted by Crippen LogP contribution is 2.43. The minimum absolute atomic E-state index is 0.0328. The van der Waals surface area contributed by atoms with E-state index in [1.165, 1.54) is 37.4 Å². The number of carboxylic acid groups (broad SMARTS) is 1. The van der Waals surface area contributed by atoms with Gasteiger partial charge in [0.1, 0.15) is 5.82 Å². The molecule has 1 aliphatic rings. The average Bonchev–Trinajstić information content (AvgIpc) is 2.94. The van der Waals surface area contributed by atoms with Crippen LogP contribution in [-0.4, -0.2) is 31.6 Å². The third kappa shape index (κ3) is 2.39. The lowest BCUT2D eigenvalue weighted by Crippen LogP contribution is -2.25. The Labute approximate surface area is 111 Å². The molecule has 0 atom stereocenters. The molecule has 2 rings (SSSR count). The van der Waals surface area contributed by atoms with Gasteiger partial charge in [0.15, 0.2) is 5.16 Å². The number of thioether (sulfide) groups is 1. The zero-order chi connectivity index (χ0) is 13.2. The van der Waals surface area contributed by atoms with Crippen LogP contribution in [0.2, 0.25) is 0 Å². The van der Waals surface area contributed by atoms with Gasteiger partial charge < -0.3 is 9.67 Å². The summed E-state index contributed by atoms with van der Waals surface area (Å²) >= 11 is 1.23. The Morgan fingerprint density at radius 1 is 1.44 bits per heavy atom. The van der Waals surface area contributed by atoms with Crippen LogP contribution in [0.15, 0.2) is 5.16 Å². The first-order valence-corrected chi connectivity index (χ1v) is 7.32. The molecule has 1 aliphatic carbocycles. The van der Waals surface area contributed by atoms with E-state index >= 15 is 0 Å². The first-order valence-electron chi connectivity index (χ1n) is 6.33. The number of rotatable bonds is 5. The van der Waals surface area contributed by atoms with E-state index in [0.29, 0.717) is 5.16 Å². The van der Waals surface area contributed by atoms with Crippen LogP contribution in [0.25, 0.3) is 0 Å². The maximum Gasteiger partial charge on any atom is 0.313 e. The molecule has 0 aromatic carbocycles. The van der Waals surface area contributed by atoms with Crippen molar-refractivity contribution in [3.05, 3.63) is 5.82 Å². The molecule has 0 amide bonds. The molecule has 0 spiro atoms. The van der Waals surface area contributed by atoms with Gasteiger partial charge in [-0.25, -0.2) is 0 Å². The molecule has 1 aromatic heterocycles. The first-order chi connectivity index (χ1) is 8.59. The molecule has 1 fully saturated rings. The van der Waals surface area contributed by atoms with Crippen molar-refractivity contribution < 1.29 is 9.90 Å². The fraction of sp³-hybridized carbons (Fsp3) is 0.750. The highest BCUT2D eigenvalue weighted by molar-refractivity contribution is 7.99. The van der Waals surface area contributed by atoms with E-state index < -0.39 is 5.97 Å². The predicted molar refractivity (Wildman–Crippen MR) is 69.8 cm³/mol. The van der Waals surface area contributed by atoms with Crippen LogP contribution in [0, 0.1) is 0 Å². The van der Waals surface area contributed by atoms with Gasteiger partial charge in [-0.15, -0.1) is 10.2 Å². The molecule has 0 bridgehead atoms. The van der Waals surface area contributed by atoms with Crippen molar-refractivity contribution in [2.75, 3.05) is 5.75 Å². The lowest BCUT2D eigenvalue weighted by Gasteiger charge is -2.26. The van der Waals surface area contributed by atoms with E-state index in [1.54, 1.807) is 0 Å². The highest BCUT2D eigenvalue weighted by atomic mass is 32.2. The van der Waals surface area contributed by atoms with E-state index in [-0.39, 0.29) is 11.2 Å². The van der Waals surface area contributed by atoms with Gasteiger partial charge in [-0.1, -0.05) is 31.5 Å². The minimum Gasteiger partial charge on any atom is -0.481 e. The molecule has 1 N–H and O–H groups in total. The fourth-order valence-corrected chi connectivity index (χ4v) is 3.45. The third-order valence-corrected chi connectivity index (χ3v) is 4.88. The second-order valence-corrected chi connectivity index (χ2v) is 5.83. The summed E-state index contributed by atoms with van der Waals surface area (Å²) in [6, 6.07) is 0. The molecule has 0 saturated heterocycles. The van der Waals surface area contributed by atoms with Crippen molar-refractivity contribution in [1.29, 1.82) is 0 Å². The van der Waals surface area contributed by atoms with Crippen LogP contribution in [0.1, 0.15) is 44.9 Å². The van der Waals surface area contributed by atoms with Crippen LogP contribution in [-0.2, 0) is 17.3 Å². The van der Waals surface area contributed by atoms with Gasteiger partial charge in [-0.3, -0.25) is 4.79 Å². The summed E-state index contributed by atoms with van der Waals surface area (Å²) in [7, 11) is 1.94. The van der Waals surface area contributed by atoms with Crippen molar-refractivity contribution in [3.63, 3.8) is 0 Å². The van der Waals surface area contributed by atoms with Crippen LogP contribution in [0.5, 0.6) is 0 Å². The zero-order valence-electron chi connectivity index (χ0n) is 10.8. The Kier molecular flexibility index (Phi) is 3.94. The maximum absolute atomic E-state index is 10.6. The molecule has 18 heavy (non-hydrogen) atoms. The minimum atomic E-state index is -0.823. The largest absolute Gasteiger partial charge is 0.481 e. The highest BCUT2D eigenvalue weighted by Gasteiger charge is 2.38. The van der Waals surface area contributed by atoms with Crippen LogP contribution < -0.4 is 0 Å². The van der Waals surface area contributed by atoms with Crippen LogP contribution in [0.3, 0.4) is 0 Å². The molecule has 1 heterocycles. The van der Waals surface area contributed by atoms with Gasteiger partial charge in [-0.05, 0) is 19.3 Å². The Hall–Kier alpha value is -1.04. The number of aromatic nitrogens is 3. The number of nitrogens with zero attached hydrogens (tertiary/aromatic N) is 3. The Bertz CT molecular complexity index is 439. The van der Waals surface area contributed by atoms with E-state index in [2.05, 4.69) is 17.1 Å². The lowest BCUT2D eigenvalue weighted by atomic mass is 9.82. The molecule has 1 saturated carbocycles. The topological polar surface area (TPSA) is 68.0 Å². The maximum atomic E-state index is 10.6. The molecule has 6 heteroatoms. The second-order valence-electron chi connectivity index (χ2n) is 4.89. The molecule has 0 radical (unpaired) electrons. The summed E-state index contributed by atoms with van der Waals surface area (Å²) in [4.78, 5) is 10.6. The van der Waals surface area contributed by atoms with Gasteiger partial charge in [0.05, 0.1) is 5.75 Å². The zero-order valence-corrected chi connectivity index (χ0v) is 11.7. The number of hydrogen-bond donors (Lipinski definition) is 1. The number of hydrogen-bond acceptors (Lipinski definition) is 4. The molecule has 1 aromatic rings. The summed E-state index contributed by atoms with van der Waals surface area (Å²) in [6.07, 6.45) is 5.90. The van der Waals surface area contributed by atoms with Gasteiger partial charge in [0.25, 0.3) is 0 Å². The molecule has 0 unspecified atom stereocenters. The van der Waals surface area contributed by atoms with Crippen LogP contribution in [0.4, 0.5) is 0 Å². The average molecular weight is 269 g/mol. The molecule has 100 valence electrons. The smallest absolute Gasteiger partial charge is 0.313 e. The molecular weight excluding hydrogens is 250 g/mol. The van der Waals surface area contributed by atoms with E-state index in [4.69, 9.17) is 5.11 Å². The summed E-state index contributed by atoms with van der Waals surface area (Å²) in [5, 5.41) is 17.9. The van der Waals surface area contributed by atoms with Gasteiger partial charge in [0, 0.05) is 12.5 Å². The van der Waals surface area contributed by atoms with Crippen molar-refractivity contribution >= 4 is 17.7 Å². The molecule has 0 aliphatic heterocycles. The van der Waals surface area contributed by atoms with Crippen LogP contribution >= 0.6 is 11.8 Å². The van der Waals surface area contributed by atoms with Crippen molar-refractivity contribution in [3.8, 4) is 0 Å². The second kappa shape index (κ2) is 5.30. The normalized spacial score (nSPS) is 18.1. The third-order valence-electron chi connectivity index (χ3n) is 3.87. The SMILES string of the molecule is CCC1(c2nnc(SCC(=O)O)n2C)CCCC1. The molecular formula is C12H19N3O2S. The summed E-state index contributed by atoms with van der Waals surface area (Å²) in [5.41, 5.74) is 0.157. The Balaban J connectivity index is 2.21. The quantitative estimate of drug-likeness (QED) is 0.830. The van der Waals surface area contributed by atoms with Gasteiger partial charge in [0.2, 0.25) is 0 Å². The van der Waals surface area contributed by atoms with E-state index in [1.807, 2.05) is 11.6 Å². The van der Waals surface area contributed by atoms with E-state index in [0.717, 1.165) is 12.2 Å². The first kappa shape index (κ1) is 13.4. The fourth-order valence-electron chi connectivity index (χ4n) is 2.82. The molecule has 5 nitrogen and oxygen atoms in total. The monoisotopic (exact) mass is 269 g/mol. The number of carbonyl (C=O) groups is 1. The van der Waals surface area contributed by atoms with E-state index in [9.17, 15) is 4.79 Å². The van der Waals surface area contributed by atoms with Crippen molar-refractivity contribution in [2.24, 2.45) is 7.05 Å². The van der Waals surface area contributed by atoms with Crippen molar-refractivity contribution in [1.82, 2.24) is 14.8 Å². The summed E-state index contributed by atoms with van der Waals surface area (Å²) in [6.45, 7) is 2.20. The predicted octanol–water partition coefficient (Wildman–Crippen LogP) is 2.21. The Morgan fingerprint density at radius 2 is 2.11 bits per heavy atom. The van der Waals surface area contributed by atoms with Crippen molar-refractivity contribution in [2.45, 2.75) is 49.6 Å². The summed E-state index contributed by atoms with van der Waals surface area (Å²) < 4.78 is 1.97.